The third-order valence-corrected chi connectivity index (χ3v) is 10.2. The number of aliphatic hydroxyl groups excluding tert-OH is 1. The molecule has 55 heavy (non-hydrogen) atoms. The smallest absolute Gasteiger partial charge is 0.291 e. The number of ether oxygens (including phenoxy) is 1. The van der Waals surface area contributed by atoms with E-state index in [4.69, 9.17) is 21.7 Å². The average Bonchev–Trinajstić information content (AvgIpc) is 3.52. The summed E-state index contributed by atoms with van der Waals surface area (Å²) < 4.78 is 37.9. The number of nitrogens with one attached hydrogen (secondary N) is 2. The molecule has 0 bridgehead atoms. The number of halogens is 3. The van der Waals surface area contributed by atoms with Crippen LogP contribution in [0.4, 0.5) is 14.5 Å². The number of likely N-dealkylation sites (N-methyl/N-ethyl adjacent to an activating group) is 1. The molecule has 3 amide bonds. The summed E-state index contributed by atoms with van der Waals surface area (Å²) in [5.74, 6) is -4.01. The van der Waals surface area contributed by atoms with Crippen molar-refractivity contribution in [2.75, 3.05) is 79.4 Å². The summed E-state index contributed by atoms with van der Waals surface area (Å²) in [7, 11) is 8.66. The number of piperazine rings is 1. The highest BCUT2D eigenvalue weighted by atomic mass is 35.5. The van der Waals surface area contributed by atoms with Gasteiger partial charge in [-0.2, -0.15) is 0 Å². The molecule has 1 aromatic heterocycles. The molecule has 2 unspecified atom stereocenters. The van der Waals surface area contributed by atoms with Gasteiger partial charge in [-0.15, -0.1) is 0 Å². The molecule has 3 N–H and O–H groups in total. The Morgan fingerprint density at radius 1 is 1.02 bits per heavy atom. The van der Waals surface area contributed by atoms with E-state index in [1.165, 1.54) is 55.1 Å². The molecule has 0 radical (unpaired) electrons. The van der Waals surface area contributed by atoms with Crippen LogP contribution in [0.25, 0.3) is 16.8 Å². The van der Waals surface area contributed by atoms with E-state index in [0.717, 1.165) is 0 Å². The van der Waals surface area contributed by atoms with Gasteiger partial charge in [0.05, 0.1) is 41.1 Å². The predicted molar refractivity (Wildman–Crippen MR) is 209 cm³/mol. The molecule has 4 rings (SSSR count). The third-order valence-electron chi connectivity index (χ3n) is 9.88. The number of amides is 3. The summed E-state index contributed by atoms with van der Waals surface area (Å²) in [5.41, 5.74) is 1.37. The summed E-state index contributed by atoms with van der Waals surface area (Å²) in [6.45, 7) is 7.65. The number of methoxy groups -OCH3 is 1. The van der Waals surface area contributed by atoms with Crippen molar-refractivity contribution in [1.29, 1.82) is 5.41 Å². The van der Waals surface area contributed by atoms with E-state index in [-0.39, 0.29) is 62.0 Å². The second kappa shape index (κ2) is 18.8. The fourth-order valence-corrected chi connectivity index (χ4v) is 6.78. The SMILES string of the molecule is COCCN(C)/C(C)=C(\C(C)=N)c1ccc(-c2cnc(C(=O)Nc3ccc(C(=O)N4CCN(C(=O)C(CCN(C)C)C(C)O)CC4)c(Cl)c3)n2C)c(F)c1F. The molecule has 0 aliphatic carbocycles. The van der Waals surface area contributed by atoms with Gasteiger partial charge in [0.1, 0.15) is 0 Å². The van der Waals surface area contributed by atoms with Crippen molar-refractivity contribution in [2.45, 2.75) is 33.3 Å². The van der Waals surface area contributed by atoms with Crippen LogP contribution in [0.1, 0.15) is 53.7 Å². The Kier molecular flexibility index (Phi) is 14.7. The standard InChI is InChI=1S/C39H51ClF2N8O5/c1-23(43)33(24(2)47(6)19-20-55-8)30-12-11-29(34(41)35(30)42)32-22-44-36(48(32)7)37(52)45-26-9-10-28(31(40)21-26)39(54)50-17-15-49(16-18-50)38(53)27(25(3)51)13-14-46(4)5/h9-12,21-22,25,27,43,51H,13-20H2,1-8H3,(H,45,52)/b33-24+,43-23?. The van der Waals surface area contributed by atoms with Crippen LogP contribution >= 0.6 is 11.6 Å². The van der Waals surface area contributed by atoms with Crippen molar-refractivity contribution in [2.24, 2.45) is 13.0 Å². The first-order valence-electron chi connectivity index (χ1n) is 18.0. The topological polar surface area (TPSA) is 147 Å². The minimum Gasteiger partial charge on any atom is -0.393 e. The molecular weight excluding hydrogens is 734 g/mol. The first kappa shape index (κ1) is 43.0. The summed E-state index contributed by atoms with van der Waals surface area (Å²) in [5, 5.41) is 21.3. The molecular formula is C39H51ClF2N8O5. The second-order valence-electron chi connectivity index (χ2n) is 14.0. The Labute approximate surface area is 326 Å². The number of nitrogens with zero attached hydrogens (tertiary/aromatic N) is 6. The van der Waals surface area contributed by atoms with Gasteiger partial charge in [-0.05, 0) is 72.1 Å². The first-order valence-corrected chi connectivity index (χ1v) is 18.3. The Balaban J connectivity index is 1.45. The molecule has 13 nitrogen and oxygen atoms in total. The number of benzene rings is 2. The molecule has 1 aliphatic rings. The molecule has 1 aliphatic heterocycles. The van der Waals surface area contributed by atoms with Crippen molar-refractivity contribution < 1.29 is 33.0 Å². The molecule has 2 atom stereocenters. The highest BCUT2D eigenvalue weighted by molar-refractivity contribution is 6.34. The number of carbonyl (C=O) groups is 3. The van der Waals surface area contributed by atoms with Gasteiger partial charge in [0.25, 0.3) is 11.8 Å². The van der Waals surface area contributed by atoms with Gasteiger partial charge in [0, 0.05) is 87.7 Å². The fourth-order valence-electron chi connectivity index (χ4n) is 6.52. The van der Waals surface area contributed by atoms with Gasteiger partial charge in [0.15, 0.2) is 17.5 Å². The number of rotatable bonds is 15. The molecule has 16 heteroatoms. The highest BCUT2D eigenvalue weighted by Gasteiger charge is 2.32. The summed E-state index contributed by atoms with van der Waals surface area (Å²) in [6.07, 6.45) is 0.998. The Morgan fingerprint density at radius 2 is 1.65 bits per heavy atom. The number of imidazole rings is 1. The number of allylic oxidation sites excluding steroid dienone is 2. The Bertz CT molecular complexity index is 1940. The maximum atomic E-state index is 15.7. The lowest BCUT2D eigenvalue weighted by molar-refractivity contribution is -0.140. The first-order chi connectivity index (χ1) is 26.0. The van der Waals surface area contributed by atoms with Gasteiger partial charge < -0.3 is 44.7 Å². The molecule has 1 saturated heterocycles. The number of aromatic nitrogens is 2. The van der Waals surface area contributed by atoms with Crippen molar-refractivity contribution in [3.63, 3.8) is 0 Å². The van der Waals surface area contributed by atoms with Crippen molar-refractivity contribution >= 4 is 46.3 Å². The zero-order valence-electron chi connectivity index (χ0n) is 32.7. The second-order valence-corrected chi connectivity index (χ2v) is 14.4. The summed E-state index contributed by atoms with van der Waals surface area (Å²) in [4.78, 5) is 51.1. The van der Waals surface area contributed by atoms with E-state index in [1.807, 2.05) is 23.9 Å². The van der Waals surface area contributed by atoms with E-state index >= 15 is 8.78 Å². The van der Waals surface area contributed by atoms with E-state index in [1.54, 1.807) is 37.8 Å². The van der Waals surface area contributed by atoms with Crippen LogP contribution in [0.15, 0.2) is 42.2 Å². The largest absolute Gasteiger partial charge is 0.393 e. The average molecular weight is 785 g/mol. The summed E-state index contributed by atoms with van der Waals surface area (Å²) in [6, 6.07) is 7.27. The maximum absolute atomic E-state index is 15.7. The van der Waals surface area contributed by atoms with E-state index in [0.29, 0.717) is 58.0 Å². The zero-order valence-corrected chi connectivity index (χ0v) is 33.4. The minimum absolute atomic E-state index is 0.0646. The predicted octanol–water partition coefficient (Wildman–Crippen LogP) is 4.85. The summed E-state index contributed by atoms with van der Waals surface area (Å²) >= 11 is 6.53. The van der Waals surface area contributed by atoms with Gasteiger partial charge in [-0.1, -0.05) is 17.7 Å². The Hall–Kier alpha value is -4.70. The highest BCUT2D eigenvalue weighted by Crippen LogP contribution is 2.32. The quantitative estimate of drug-likeness (QED) is 0.186. The number of hydrogen-bond donors (Lipinski definition) is 3. The number of hydrogen-bond acceptors (Lipinski definition) is 9. The molecule has 298 valence electrons. The lowest BCUT2D eigenvalue weighted by atomic mass is 9.96. The van der Waals surface area contributed by atoms with E-state index in [9.17, 15) is 19.5 Å². The maximum Gasteiger partial charge on any atom is 0.291 e. The monoisotopic (exact) mass is 784 g/mol. The van der Waals surface area contributed by atoms with Crippen LogP contribution in [0.2, 0.25) is 5.02 Å². The van der Waals surface area contributed by atoms with Gasteiger partial charge >= 0.3 is 0 Å². The fraction of sp³-hybridized carbons (Fsp3) is 0.462. The van der Waals surface area contributed by atoms with E-state index < -0.39 is 29.6 Å². The lowest BCUT2D eigenvalue weighted by Crippen LogP contribution is -2.53. The minimum atomic E-state index is -1.15. The van der Waals surface area contributed by atoms with Crippen LogP contribution in [0.5, 0.6) is 0 Å². The normalized spacial score (nSPS) is 14.8. The lowest BCUT2D eigenvalue weighted by Gasteiger charge is -2.37. The number of carbonyl (C=O) groups excluding carboxylic acids is 3. The van der Waals surface area contributed by atoms with Crippen LogP contribution in [-0.2, 0) is 16.6 Å². The molecule has 0 saturated carbocycles. The van der Waals surface area contributed by atoms with Crippen molar-refractivity contribution in [3.8, 4) is 11.3 Å². The Morgan fingerprint density at radius 3 is 2.24 bits per heavy atom. The molecule has 0 spiro atoms. The molecule has 2 aromatic carbocycles. The molecule has 1 fully saturated rings. The number of aliphatic hydroxyl groups is 1. The third kappa shape index (κ3) is 9.95. The van der Waals surface area contributed by atoms with Crippen LogP contribution in [0.3, 0.4) is 0 Å². The van der Waals surface area contributed by atoms with Crippen molar-refractivity contribution in [3.05, 3.63) is 75.8 Å². The van der Waals surface area contributed by atoms with Crippen LogP contribution in [0, 0.1) is 23.0 Å². The van der Waals surface area contributed by atoms with E-state index in [2.05, 4.69) is 10.3 Å². The molecule has 3 aromatic rings. The molecule has 2 heterocycles. The number of anilines is 1. The van der Waals surface area contributed by atoms with Crippen LogP contribution in [-0.4, -0.2) is 138 Å². The van der Waals surface area contributed by atoms with Crippen LogP contribution < -0.4 is 5.32 Å². The van der Waals surface area contributed by atoms with Gasteiger partial charge in [-0.3, -0.25) is 14.4 Å². The zero-order chi connectivity index (χ0) is 40.7. The van der Waals surface area contributed by atoms with Gasteiger partial charge in [-0.25, -0.2) is 13.8 Å². The van der Waals surface area contributed by atoms with Gasteiger partial charge in [0.2, 0.25) is 5.91 Å². The van der Waals surface area contributed by atoms with Crippen molar-refractivity contribution in [1.82, 2.24) is 29.2 Å².